The molecule has 0 fully saturated rings. The molecule has 3 heteroatoms. The molecule has 0 saturated heterocycles. The number of rotatable bonds is 3. The Labute approximate surface area is 327 Å². The van der Waals surface area contributed by atoms with E-state index in [0.717, 1.165) is 17.1 Å². The molecule has 0 bridgehead atoms. The maximum atomic E-state index is 2.52. The summed E-state index contributed by atoms with van der Waals surface area (Å²) in [5.74, 6) is 0. The maximum absolute atomic E-state index is 2.52. The van der Waals surface area contributed by atoms with Crippen molar-refractivity contribution in [1.82, 2.24) is 4.57 Å². The van der Waals surface area contributed by atoms with Crippen LogP contribution >= 0.6 is 11.3 Å². The minimum Gasteiger partial charge on any atom is -0.310 e. The first kappa shape index (κ1) is 30.4. The van der Waals surface area contributed by atoms with Gasteiger partial charge in [-0.15, -0.1) is 11.3 Å². The van der Waals surface area contributed by atoms with Crippen molar-refractivity contribution < 1.29 is 0 Å². The normalized spacial score (nSPS) is 15.2. The van der Waals surface area contributed by atoms with Crippen molar-refractivity contribution in [1.29, 1.82) is 0 Å². The summed E-state index contributed by atoms with van der Waals surface area (Å²) in [6.07, 6.45) is 0. The number of fused-ring (bicyclic) bond motifs is 16. The van der Waals surface area contributed by atoms with Crippen LogP contribution in [0.15, 0.2) is 194 Å². The summed E-state index contributed by atoms with van der Waals surface area (Å²) >= 11 is 1.87. The molecule has 260 valence electrons. The van der Waals surface area contributed by atoms with Crippen LogP contribution in [0.3, 0.4) is 0 Å². The number of hydrogen-bond donors (Lipinski definition) is 0. The lowest BCUT2D eigenvalue weighted by Crippen LogP contribution is -2.33. The molecule has 56 heavy (non-hydrogen) atoms. The smallest absolute Gasteiger partial charge is 0.0755 e. The van der Waals surface area contributed by atoms with Gasteiger partial charge in [-0.25, -0.2) is 0 Å². The standard InChI is InChI=1S/C53H32N2S/c1-2-13-34-30-35(25-24-33(34)12-1)54(36-27-29-51-43(31-36)41-16-5-10-23-50(41)56-51)37-26-28-39-38-14-3-6-18-44(38)53(47(39)32-37)45-19-7-9-22-49(45)55-48-21-8-4-15-40(48)42-17-11-20-46(53)52(42)55/h1-32H. The monoisotopic (exact) mass is 728 g/mol. The third kappa shape index (κ3) is 3.85. The molecule has 0 radical (unpaired) electrons. The third-order valence-electron chi connectivity index (χ3n) is 12.5. The van der Waals surface area contributed by atoms with E-state index in [0.29, 0.717) is 0 Å². The summed E-state index contributed by atoms with van der Waals surface area (Å²) in [4.78, 5) is 2.47. The van der Waals surface area contributed by atoms with Gasteiger partial charge in [0, 0.05) is 48.0 Å². The Morgan fingerprint density at radius 1 is 0.393 bits per heavy atom. The van der Waals surface area contributed by atoms with Gasteiger partial charge < -0.3 is 9.47 Å². The first-order valence-electron chi connectivity index (χ1n) is 19.3. The molecule has 2 aliphatic rings. The van der Waals surface area contributed by atoms with Crippen LogP contribution in [0.1, 0.15) is 22.3 Å². The molecule has 1 aliphatic heterocycles. The second-order valence-electron chi connectivity index (χ2n) is 15.2. The third-order valence-corrected chi connectivity index (χ3v) is 13.7. The minimum atomic E-state index is -0.523. The average Bonchev–Trinajstić information content (AvgIpc) is 3.90. The van der Waals surface area contributed by atoms with Crippen LogP contribution in [0.2, 0.25) is 0 Å². The highest BCUT2D eigenvalue weighted by atomic mass is 32.1. The topological polar surface area (TPSA) is 8.17 Å². The molecule has 13 rings (SSSR count). The molecule has 11 aromatic rings. The van der Waals surface area contributed by atoms with Crippen molar-refractivity contribution >= 4 is 81.1 Å². The number of thiophene rings is 1. The highest BCUT2D eigenvalue weighted by Crippen LogP contribution is 2.61. The highest BCUT2D eigenvalue weighted by Gasteiger charge is 2.51. The van der Waals surface area contributed by atoms with Gasteiger partial charge in [-0.05, 0) is 105 Å². The number of anilines is 3. The maximum Gasteiger partial charge on any atom is 0.0755 e. The van der Waals surface area contributed by atoms with Crippen molar-refractivity contribution in [3.63, 3.8) is 0 Å². The zero-order valence-corrected chi connectivity index (χ0v) is 31.1. The Balaban J connectivity index is 1.13. The molecule has 2 nitrogen and oxygen atoms in total. The summed E-state index contributed by atoms with van der Waals surface area (Å²) in [6.45, 7) is 0. The predicted molar refractivity (Wildman–Crippen MR) is 237 cm³/mol. The van der Waals surface area contributed by atoms with E-state index in [-0.39, 0.29) is 0 Å². The van der Waals surface area contributed by atoms with Gasteiger partial charge in [-0.3, -0.25) is 0 Å². The second-order valence-corrected chi connectivity index (χ2v) is 16.3. The van der Waals surface area contributed by atoms with Gasteiger partial charge in [0.05, 0.1) is 22.1 Å². The number of benzene rings is 9. The molecule has 9 aromatic carbocycles. The van der Waals surface area contributed by atoms with Crippen molar-refractivity contribution in [3.8, 4) is 16.8 Å². The number of para-hydroxylation sites is 3. The molecule has 1 spiro atoms. The van der Waals surface area contributed by atoms with Crippen LogP contribution in [0.5, 0.6) is 0 Å². The average molecular weight is 729 g/mol. The van der Waals surface area contributed by atoms with E-state index in [1.807, 2.05) is 11.3 Å². The second kappa shape index (κ2) is 11.1. The summed E-state index contributed by atoms with van der Waals surface area (Å²) in [6, 6.07) is 72.7. The van der Waals surface area contributed by atoms with Gasteiger partial charge in [0.15, 0.2) is 0 Å². The van der Waals surface area contributed by atoms with Crippen LogP contribution < -0.4 is 4.90 Å². The van der Waals surface area contributed by atoms with Crippen molar-refractivity contribution in [2.45, 2.75) is 5.41 Å². The van der Waals surface area contributed by atoms with Gasteiger partial charge in [0.2, 0.25) is 0 Å². The Kier molecular flexibility index (Phi) is 6.01. The molecule has 1 unspecified atom stereocenters. The van der Waals surface area contributed by atoms with Crippen LogP contribution in [0.4, 0.5) is 17.1 Å². The van der Waals surface area contributed by atoms with Crippen LogP contribution in [0, 0.1) is 0 Å². The minimum absolute atomic E-state index is 0.523. The van der Waals surface area contributed by atoms with Crippen LogP contribution in [-0.4, -0.2) is 4.57 Å². The van der Waals surface area contributed by atoms with E-state index < -0.39 is 5.41 Å². The Morgan fingerprint density at radius 2 is 1.04 bits per heavy atom. The summed E-state index contributed by atoms with van der Waals surface area (Å²) in [5, 5.41) is 7.64. The molecule has 0 amide bonds. The van der Waals surface area contributed by atoms with Gasteiger partial charge in [0.1, 0.15) is 0 Å². The van der Waals surface area contributed by atoms with Crippen molar-refractivity contribution in [2.75, 3.05) is 4.90 Å². The Morgan fingerprint density at radius 3 is 1.98 bits per heavy atom. The molecular formula is C53H32N2S. The lowest BCUT2D eigenvalue weighted by molar-refractivity contribution is 0.748. The van der Waals surface area contributed by atoms with Gasteiger partial charge in [0.25, 0.3) is 0 Å². The van der Waals surface area contributed by atoms with E-state index in [4.69, 9.17) is 0 Å². The fraction of sp³-hybridized carbons (Fsp3) is 0.0189. The number of aromatic nitrogens is 1. The van der Waals surface area contributed by atoms with Crippen molar-refractivity contribution in [2.24, 2.45) is 0 Å². The lowest BCUT2D eigenvalue weighted by atomic mass is 9.65. The number of nitrogens with zero attached hydrogens (tertiary/aromatic N) is 2. The summed E-state index contributed by atoms with van der Waals surface area (Å²) in [7, 11) is 0. The number of hydrogen-bond acceptors (Lipinski definition) is 2. The van der Waals surface area contributed by atoms with Gasteiger partial charge in [-0.1, -0.05) is 133 Å². The van der Waals surface area contributed by atoms with Gasteiger partial charge in [-0.2, -0.15) is 0 Å². The lowest BCUT2D eigenvalue weighted by Gasteiger charge is -2.40. The van der Waals surface area contributed by atoms with Crippen molar-refractivity contribution in [3.05, 3.63) is 216 Å². The molecule has 0 saturated carbocycles. The molecule has 0 N–H and O–H groups in total. The Hall–Kier alpha value is -6.94. The van der Waals surface area contributed by atoms with E-state index in [2.05, 4.69) is 204 Å². The molecule has 1 atom stereocenters. The van der Waals surface area contributed by atoms with E-state index >= 15 is 0 Å². The Bertz CT molecular complexity index is 3460. The van der Waals surface area contributed by atoms with E-state index in [1.54, 1.807) is 0 Å². The fourth-order valence-corrected chi connectivity index (χ4v) is 11.4. The molecular weight excluding hydrogens is 697 g/mol. The molecule has 1 aliphatic carbocycles. The van der Waals surface area contributed by atoms with Gasteiger partial charge >= 0.3 is 0 Å². The zero-order chi connectivity index (χ0) is 36.5. The van der Waals surface area contributed by atoms with Crippen LogP contribution in [-0.2, 0) is 5.41 Å². The molecule has 3 heterocycles. The zero-order valence-electron chi connectivity index (χ0n) is 30.3. The summed E-state index contributed by atoms with van der Waals surface area (Å²) in [5.41, 5.74) is 14.6. The predicted octanol–water partition coefficient (Wildman–Crippen LogP) is 14.5. The largest absolute Gasteiger partial charge is 0.310 e. The quantitative estimate of drug-likeness (QED) is 0.176. The van der Waals surface area contributed by atoms with E-state index in [1.165, 1.54) is 91.8 Å². The van der Waals surface area contributed by atoms with Crippen LogP contribution in [0.25, 0.3) is 69.6 Å². The molecule has 2 aromatic heterocycles. The summed E-state index contributed by atoms with van der Waals surface area (Å²) < 4.78 is 5.14. The van der Waals surface area contributed by atoms with E-state index in [9.17, 15) is 0 Å². The fourth-order valence-electron chi connectivity index (χ4n) is 10.3. The first-order valence-corrected chi connectivity index (χ1v) is 20.2. The first-order chi connectivity index (χ1) is 27.8. The highest BCUT2D eigenvalue weighted by molar-refractivity contribution is 7.25. The SMILES string of the molecule is c1ccc2c(c1)-c1ccc(N(c3ccc4ccccc4c3)c3ccc4sc5ccccc5c4c3)cc1C21c2ccccc2-n2c3ccccc3c3cccc1c32.